The second kappa shape index (κ2) is 4.59. The van der Waals surface area contributed by atoms with Crippen molar-refractivity contribution in [2.75, 3.05) is 7.11 Å². The molecular weight excluding hydrogens is 232 g/mol. The quantitative estimate of drug-likeness (QED) is 0.828. The highest BCUT2D eigenvalue weighted by atomic mass is 32.1. The molecule has 0 amide bonds. The van der Waals surface area contributed by atoms with Crippen molar-refractivity contribution in [1.82, 2.24) is 0 Å². The van der Waals surface area contributed by atoms with Crippen LogP contribution >= 0.6 is 11.3 Å². The summed E-state index contributed by atoms with van der Waals surface area (Å²) < 4.78 is 6.44. The molecule has 0 saturated heterocycles. The van der Waals surface area contributed by atoms with E-state index < -0.39 is 5.60 Å². The first kappa shape index (κ1) is 12.3. The monoisotopic (exact) mass is 248 g/mol. The summed E-state index contributed by atoms with van der Waals surface area (Å²) in [6, 6.07) is 8.16. The first-order valence-corrected chi connectivity index (χ1v) is 6.46. The van der Waals surface area contributed by atoms with Gasteiger partial charge in [0.1, 0.15) is 5.60 Å². The predicted molar refractivity (Wildman–Crippen MR) is 71.6 cm³/mol. The third-order valence-electron chi connectivity index (χ3n) is 3.09. The highest BCUT2D eigenvalue weighted by Crippen LogP contribution is 2.27. The third kappa shape index (κ3) is 2.40. The van der Waals surface area contributed by atoms with Gasteiger partial charge in [-0.2, -0.15) is 0 Å². The second-order valence-electron chi connectivity index (χ2n) is 4.57. The van der Waals surface area contributed by atoms with Gasteiger partial charge >= 0.3 is 0 Å². The van der Waals surface area contributed by atoms with Crippen LogP contribution in [0.1, 0.15) is 19.4 Å². The van der Waals surface area contributed by atoms with Gasteiger partial charge in [0.15, 0.2) is 5.78 Å². The molecule has 0 saturated carbocycles. The Labute approximate surface area is 105 Å². The number of ketones is 1. The van der Waals surface area contributed by atoms with E-state index in [1.165, 1.54) is 10.1 Å². The van der Waals surface area contributed by atoms with Gasteiger partial charge in [-0.05, 0) is 36.2 Å². The van der Waals surface area contributed by atoms with Crippen molar-refractivity contribution in [3.8, 4) is 0 Å². The van der Waals surface area contributed by atoms with Gasteiger partial charge in [0.05, 0.1) is 0 Å². The Balaban J connectivity index is 2.28. The Morgan fingerprint density at radius 3 is 2.76 bits per heavy atom. The zero-order valence-corrected chi connectivity index (χ0v) is 11.1. The maximum atomic E-state index is 12.1. The first-order chi connectivity index (χ1) is 8.04. The molecule has 1 aromatic heterocycles. The molecule has 0 N–H and O–H groups in total. The van der Waals surface area contributed by atoms with E-state index >= 15 is 0 Å². The molecule has 17 heavy (non-hydrogen) atoms. The summed E-state index contributed by atoms with van der Waals surface area (Å²) in [6.45, 7) is 3.62. The van der Waals surface area contributed by atoms with Crippen molar-refractivity contribution in [2.24, 2.45) is 0 Å². The second-order valence-corrected chi connectivity index (χ2v) is 5.48. The van der Waals surface area contributed by atoms with E-state index in [-0.39, 0.29) is 5.78 Å². The van der Waals surface area contributed by atoms with Crippen molar-refractivity contribution < 1.29 is 9.53 Å². The lowest BCUT2D eigenvalue weighted by atomic mass is 9.96. The van der Waals surface area contributed by atoms with Crippen LogP contribution in [0, 0.1) is 0 Å². The lowest BCUT2D eigenvalue weighted by Gasteiger charge is -2.20. The molecule has 90 valence electrons. The summed E-state index contributed by atoms with van der Waals surface area (Å²) in [7, 11) is 1.57. The van der Waals surface area contributed by atoms with Crippen LogP contribution in [0.3, 0.4) is 0 Å². The number of benzene rings is 1. The molecule has 0 aliphatic rings. The van der Waals surface area contributed by atoms with E-state index in [1.807, 2.05) is 26.0 Å². The van der Waals surface area contributed by atoms with Gasteiger partial charge in [-0.3, -0.25) is 4.79 Å². The van der Waals surface area contributed by atoms with Gasteiger partial charge in [0.25, 0.3) is 0 Å². The summed E-state index contributed by atoms with van der Waals surface area (Å²) >= 11 is 1.68. The zero-order valence-electron chi connectivity index (χ0n) is 10.3. The van der Waals surface area contributed by atoms with Crippen molar-refractivity contribution in [2.45, 2.75) is 25.9 Å². The van der Waals surface area contributed by atoms with Gasteiger partial charge in [-0.25, -0.2) is 0 Å². The fourth-order valence-corrected chi connectivity index (χ4v) is 2.63. The van der Waals surface area contributed by atoms with Gasteiger partial charge in [-0.1, -0.05) is 18.2 Å². The lowest BCUT2D eigenvalue weighted by molar-refractivity contribution is -0.136. The maximum Gasteiger partial charge on any atom is 0.168 e. The SMILES string of the molecule is COC(C)(C)C(=O)Cc1csc2ccccc12. The Morgan fingerprint density at radius 1 is 1.35 bits per heavy atom. The molecule has 1 heterocycles. The van der Waals surface area contributed by atoms with E-state index in [1.54, 1.807) is 18.4 Å². The molecule has 2 nitrogen and oxygen atoms in total. The maximum absolute atomic E-state index is 12.1. The largest absolute Gasteiger partial charge is 0.371 e. The Bertz CT molecular complexity index is 540. The standard InChI is InChI=1S/C14H16O2S/c1-14(2,16-3)13(15)8-10-9-17-12-7-5-4-6-11(10)12/h4-7,9H,8H2,1-3H3. The minimum absolute atomic E-state index is 0.114. The van der Waals surface area contributed by atoms with E-state index in [0.717, 1.165) is 5.56 Å². The van der Waals surface area contributed by atoms with Gasteiger partial charge in [-0.15, -0.1) is 11.3 Å². The number of hydrogen-bond donors (Lipinski definition) is 0. The van der Waals surface area contributed by atoms with Crippen LogP contribution in [0.4, 0.5) is 0 Å². The van der Waals surface area contributed by atoms with Crippen LogP contribution < -0.4 is 0 Å². The van der Waals surface area contributed by atoms with Crippen LogP contribution in [0.25, 0.3) is 10.1 Å². The molecule has 0 radical (unpaired) electrons. The van der Waals surface area contributed by atoms with Crippen molar-refractivity contribution in [1.29, 1.82) is 0 Å². The molecule has 0 unspecified atom stereocenters. The first-order valence-electron chi connectivity index (χ1n) is 5.58. The molecule has 0 aliphatic carbocycles. The minimum atomic E-state index is -0.705. The average molecular weight is 248 g/mol. The van der Waals surface area contributed by atoms with E-state index in [4.69, 9.17) is 4.74 Å². The molecular formula is C14H16O2S. The molecule has 0 spiro atoms. The van der Waals surface area contributed by atoms with Crippen LogP contribution in [0.2, 0.25) is 0 Å². The number of thiophene rings is 1. The number of carbonyl (C=O) groups excluding carboxylic acids is 1. The number of fused-ring (bicyclic) bond motifs is 1. The molecule has 0 fully saturated rings. The van der Waals surface area contributed by atoms with Crippen molar-refractivity contribution in [3.63, 3.8) is 0 Å². The number of methoxy groups -OCH3 is 1. The summed E-state index contributed by atoms with van der Waals surface area (Å²) in [5.41, 5.74) is 0.393. The number of rotatable bonds is 4. The van der Waals surface area contributed by atoms with Crippen molar-refractivity contribution in [3.05, 3.63) is 35.2 Å². The number of hydrogen-bond acceptors (Lipinski definition) is 3. The predicted octanol–water partition coefficient (Wildman–Crippen LogP) is 3.44. The molecule has 1 aromatic carbocycles. The molecule has 0 aliphatic heterocycles. The van der Waals surface area contributed by atoms with E-state index in [2.05, 4.69) is 17.5 Å². The zero-order chi connectivity index (χ0) is 12.5. The normalized spacial score (nSPS) is 11.9. The minimum Gasteiger partial charge on any atom is -0.371 e. The summed E-state index contributed by atoms with van der Waals surface area (Å²) in [6.07, 6.45) is 0.435. The summed E-state index contributed by atoms with van der Waals surface area (Å²) in [5.74, 6) is 0.114. The number of carbonyl (C=O) groups is 1. The van der Waals surface area contributed by atoms with Crippen molar-refractivity contribution >= 4 is 27.2 Å². The van der Waals surface area contributed by atoms with Crippen LogP contribution in [-0.2, 0) is 16.0 Å². The number of ether oxygens (including phenoxy) is 1. The average Bonchev–Trinajstić information content (AvgIpc) is 2.73. The van der Waals surface area contributed by atoms with Gasteiger partial charge in [0, 0.05) is 18.2 Å². The summed E-state index contributed by atoms with van der Waals surface area (Å²) in [4.78, 5) is 12.1. The van der Waals surface area contributed by atoms with Crippen LogP contribution in [-0.4, -0.2) is 18.5 Å². The van der Waals surface area contributed by atoms with Crippen LogP contribution in [0.15, 0.2) is 29.6 Å². The third-order valence-corrected chi connectivity index (χ3v) is 4.11. The Morgan fingerprint density at radius 2 is 2.06 bits per heavy atom. The van der Waals surface area contributed by atoms with Crippen LogP contribution in [0.5, 0.6) is 0 Å². The molecule has 0 bridgehead atoms. The molecule has 3 heteroatoms. The molecule has 2 rings (SSSR count). The fourth-order valence-electron chi connectivity index (χ4n) is 1.67. The highest BCUT2D eigenvalue weighted by molar-refractivity contribution is 7.17. The summed E-state index contributed by atoms with van der Waals surface area (Å²) in [5, 5.41) is 3.24. The van der Waals surface area contributed by atoms with Gasteiger partial charge in [0.2, 0.25) is 0 Å². The number of Topliss-reactive ketones (excluding diaryl/α,β-unsaturated/α-hetero) is 1. The van der Waals surface area contributed by atoms with E-state index in [0.29, 0.717) is 6.42 Å². The van der Waals surface area contributed by atoms with Gasteiger partial charge < -0.3 is 4.74 Å². The fraction of sp³-hybridized carbons (Fsp3) is 0.357. The molecule has 0 atom stereocenters. The topological polar surface area (TPSA) is 26.3 Å². The highest BCUT2D eigenvalue weighted by Gasteiger charge is 2.27. The smallest absolute Gasteiger partial charge is 0.168 e. The Kier molecular flexibility index (Phi) is 3.31. The van der Waals surface area contributed by atoms with E-state index in [9.17, 15) is 4.79 Å². The Hall–Kier alpha value is -1.19. The molecule has 2 aromatic rings. The lowest BCUT2D eigenvalue weighted by Crippen LogP contribution is -2.34.